The lowest BCUT2D eigenvalue weighted by atomic mass is 10.1. The Labute approximate surface area is 140 Å². The summed E-state index contributed by atoms with van der Waals surface area (Å²) in [4.78, 5) is 14.8. The Hall–Kier alpha value is -1.36. The highest BCUT2D eigenvalue weighted by molar-refractivity contribution is 5.79. The monoisotopic (exact) mass is 320 g/mol. The summed E-state index contributed by atoms with van der Waals surface area (Å²) in [5.74, 6) is 0.667. The average Bonchev–Trinajstić information content (AvgIpc) is 3.04. The Balaban J connectivity index is 1.91. The lowest BCUT2D eigenvalue weighted by Crippen LogP contribution is -2.40. The van der Waals surface area contributed by atoms with E-state index in [1.54, 1.807) is 0 Å². The molecule has 5 heteroatoms. The van der Waals surface area contributed by atoms with E-state index in [1.165, 1.54) is 12.8 Å². The number of likely N-dealkylation sites (N-methyl/N-ethyl adjacent to an activating group) is 1. The minimum atomic E-state index is 0.114. The molecule has 23 heavy (non-hydrogen) atoms. The number of hydrogen-bond acceptors (Lipinski definition) is 3. The molecule has 0 radical (unpaired) electrons. The zero-order valence-corrected chi connectivity index (χ0v) is 15.4. The second kappa shape index (κ2) is 7.95. The summed E-state index contributed by atoms with van der Waals surface area (Å²) in [5, 5.41) is 7.72. The first-order chi connectivity index (χ1) is 10.9. The molecule has 2 rings (SSSR count). The Morgan fingerprint density at radius 3 is 2.78 bits per heavy atom. The first-order valence-electron chi connectivity index (χ1n) is 8.96. The van der Waals surface area contributed by atoms with Gasteiger partial charge in [-0.3, -0.25) is 14.4 Å². The van der Waals surface area contributed by atoms with Crippen molar-refractivity contribution in [1.29, 1.82) is 0 Å². The number of aromatic nitrogens is 2. The van der Waals surface area contributed by atoms with Crippen molar-refractivity contribution in [2.45, 2.75) is 66.5 Å². The maximum absolute atomic E-state index is 12.3. The second-order valence-electron chi connectivity index (χ2n) is 7.13. The number of nitrogens with zero attached hydrogens (tertiary/aromatic N) is 3. The van der Waals surface area contributed by atoms with E-state index in [9.17, 15) is 4.79 Å². The fraction of sp³-hybridized carbons (Fsp3) is 0.778. The standard InChI is InChI=1S/C18H32N4O/c1-6-21-9-7-8-16(21)11-19-18(23)10-17-14(4)20-22(15(17)5)12-13(2)3/h13,16H,6-12H2,1-5H3,(H,19,23)/t16-/m1/s1. The van der Waals surface area contributed by atoms with Crippen LogP contribution in [0.25, 0.3) is 0 Å². The molecule has 1 saturated heterocycles. The molecule has 1 amide bonds. The van der Waals surface area contributed by atoms with Gasteiger partial charge in [0.1, 0.15) is 0 Å². The van der Waals surface area contributed by atoms with Gasteiger partial charge in [0.05, 0.1) is 12.1 Å². The number of nitrogens with one attached hydrogen (secondary N) is 1. The van der Waals surface area contributed by atoms with Crippen LogP contribution in [-0.4, -0.2) is 46.3 Å². The summed E-state index contributed by atoms with van der Waals surface area (Å²) in [6.45, 7) is 14.5. The van der Waals surface area contributed by atoms with Crippen LogP contribution in [0.4, 0.5) is 0 Å². The molecule has 0 spiro atoms. The molecule has 1 fully saturated rings. The van der Waals surface area contributed by atoms with Gasteiger partial charge in [-0.25, -0.2) is 0 Å². The van der Waals surface area contributed by atoms with Crippen molar-refractivity contribution in [3.63, 3.8) is 0 Å². The quantitative estimate of drug-likeness (QED) is 0.839. The molecule has 1 atom stereocenters. The van der Waals surface area contributed by atoms with Gasteiger partial charge in [0, 0.05) is 30.4 Å². The van der Waals surface area contributed by atoms with E-state index in [-0.39, 0.29) is 5.91 Å². The van der Waals surface area contributed by atoms with Crippen LogP contribution in [0, 0.1) is 19.8 Å². The molecule has 5 nitrogen and oxygen atoms in total. The smallest absolute Gasteiger partial charge is 0.224 e. The summed E-state index contributed by atoms with van der Waals surface area (Å²) >= 11 is 0. The van der Waals surface area contributed by atoms with Crippen molar-refractivity contribution in [1.82, 2.24) is 20.0 Å². The summed E-state index contributed by atoms with van der Waals surface area (Å²) in [5.41, 5.74) is 3.19. The van der Waals surface area contributed by atoms with Gasteiger partial charge in [0.15, 0.2) is 0 Å². The Morgan fingerprint density at radius 2 is 2.13 bits per heavy atom. The van der Waals surface area contributed by atoms with Gasteiger partial charge < -0.3 is 5.32 Å². The number of carbonyl (C=O) groups is 1. The molecule has 0 aliphatic carbocycles. The van der Waals surface area contributed by atoms with E-state index in [4.69, 9.17) is 0 Å². The van der Waals surface area contributed by atoms with Crippen LogP contribution in [0.3, 0.4) is 0 Å². The number of rotatable bonds is 7. The number of likely N-dealkylation sites (tertiary alicyclic amines) is 1. The molecule has 0 saturated carbocycles. The highest BCUT2D eigenvalue weighted by Gasteiger charge is 2.23. The van der Waals surface area contributed by atoms with Gasteiger partial charge in [-0.1, -0.05) is 20.8 Å². The third kappa shape index (κ3) is 4.56. The van der Waals surface area contributed by atoms with Crippen molar-refractivity contribution in [2.24, 2.45) is 5.92 Å². The predicted octanol–water partition coefficient (Wildman–Crippen LogP) is 2.30. The average molecular weight is 320 g/mol. The van der Waals surface area contributed by atoms with Crippen LogP contribution in [0.1, 0.15) is 50.6 Å². The van der Waals surface area contributed by atoms with Crippen LogP contribution in [0.5, 0.6) is 0 Å². The highest BCUT2D eigenvalue weighted by atomic mass is 16.1. The van der Waals surface area contributed by atoms with Crippen molar-refractivity contribution >= 4 is 5.91 Å². The minimum Gasteiger partial charge on any atom is -0.354 e. The third-order valence-electron chi connectivity index (χ3n) is 4.85. The molecule has 1 aromatic rings. The molecule has 0 bridgehead atoms. The van der Waals surface area contributed by atoms with Gasteiger partial charge in [0.25, 0.3) is 0 Å². The maximum atomic E-state index is 12.3. The molecule has 1 N–H and O–H groups in total. The van der Waals surface area contributed by atoms with E-state index in [0.29, 0.717) is 18.4 Å². The van der Waals surface area contributed by atoms with Gasteiger partial charge in [-0.05, 0) is 45.7 Å². The van der Waals surface area contributed by atoms with Crippen LogP contribution < -0.4 is 5.32 Å². The van der Waals surface area contributed by atoms with Crippen molar-refractivity contribution in [3.8, 4) is 0 Å². The lowest BCUT2D eigenvalue weighted by Gasteiger charge is -2.22. The minimum absolute atomic E-state index is 0.114. The third-order valence-corrected chi connectivity index (χ3v) is 4.85. The molecule has 130 valence electrons. The van der Waals surface area contributed by atoms with E-state index in [2.05, 4.69) is 43.0 Å². The van der Waals surface area contributed by atoms with E-state index < -0.39 is 0 Å². The van der Waals surface area contributed by atoms with Crippen LogP contribution in [0.2, 0.25) is 0 Å². The molecular weight excluding hydrogens is 288 g/mol. The van der Waals surface area contributed by atoms with Crippen LogP contribution in [0.15, 0.2) is 0 Å². The Bertz CT molecular complexity index is 535. The number of amides is 1. The van der Waals surface area contributed by atoms with Crippen LogP contribution in [-0.2, 0) is 17.8 Å². The fourth-order valence-corrected chi connectivity index (χ4v) is 3.51. The SMILES string of the molecule is CCN1CCC[C@@H]1CNC(=O)Cc1c(C)nn(CC(C)C)c1C. The van der Waals surface area contributed by atoms with Gasteiger partial charge in [0.2, 0.25) is 5.91 Å². The van der Waals surface area contributed by atoms with Crippen LogP contribution >= 0.6 is 0 Å². The summed E-state index contributed by atoms with van der Waals surface area (Å²) < 4.78 is 2.04. The molecular formula is C18H32N4O. The number of aryl methyl sites for hydroxylation is 1. The molecule has 0 unspecified atom stereocenters. The topological polar surface area (TPSA) is 50.2 Å². The van der Waals surface area contributed by atoms with E-state index in [0.717, 1.165) is 43.1 Å². The van der Waals surface area contributed by atoms with Gasteiger partial charge in [-0.15, -0.1) is 0 Å². The summed E-state index contributed by atoms with van der Waals surface area (Å²) in [7, 11) is 0. The maximum Gasteiger partial charge on any atom is 0.224 e. The highest BCUT2D eigenvalue weighted by Crippen LogP contribution is 2.17. The zero-order chi connectivity index (χ0) is 17.0. The second-order valence-corrected chi connectivity index (χ2v) is 7.13. The van der Waals surface area contributed by atoms with Gasteiger partial charge >= 0.3 is 0 Å². The zero-order valence-electron chi connectivity index (χ0n) is 15.4. The summed E-state index contributed by atoms with van der Waals surface area (Å²) in [6, 6.07) is 0.509. The lowest BCUT2D eigenvalue weighted by molar-refractivity contribution is -0.120. The number of hydrogen-bond donors (Lipinski definition) is 1. The molecule has 1 aromatic heterocycles. The number of carbonyl (C=O) groups excluding carboxylic acids is 1. The first kappa shape index (κ1) is 18.0. The van der Waals surface area contributed by atoms with E-state index in [1.807, 2.05) is 11.6 Å². The predicted molar refractivity (Wildman–Crippen MR) is 93.5 cm³/mol. The van der Waals surface area contributed by atoms with Crippen molar-refractivity contribution in [3.05, 3.63) is 17.0 Å². The molecule has 0 aromatic carbocycles. The van der Waals surface area contributed by atoms with Crippen molar-refractivity contribution in [2.75, 3.05) is 19.6 Å². The Kier molecular flexibility index (Phi) is 6.22. The molecule has 1 aliphatic rings. The first-order valence-corrected chi connectivity index (χ1v) is 8.96. The molecule has 2 heterocycles. The largest absolute Gasteiger partial charge is 0.354 e. The Morgan fingerprint density at radius 1 is 1.39 bits per heavy atom. The summed E-state index contributed by atoms with van der Waals surface area (Å²) in [6.07, 6.45) is 2.88. The normalized spacial score (nSPS) is 18.8. The van der Waals surface area contributed by atoms with Gasteiger partial charge in [-0.2, -0.15) is 5.10 Å². The van der Waals surface area contributed by atoms with E-state index >= 15 is 0 Å². The van der Waals surface area contributed by atoms with Crippen molar-refractivity contribution < 1.29 is 4.79 Å². The molecule has 1 aliphatic heterocycles. The fourth-order valence-electron chi connectivity index (χ4n) is 3.51.